The molecule has 21 heavy (non-hydrogen) atoms. The summed E-state index contributed by atoms with van der Waals surface area (Å²) in [6.45, 7) is 3.23. The van der Waals surface area contributed by atoms with Crippen LogP contribution in [-0.4, -0.2) is 40.0 Å². The standard InChI is InChI=1S/C16H17N3O2/c1-12-3-2-4-15(18-12)21-14-7-10-19(11-14)16(20)13-5-8-17-9-6-13/h2-6,8-9,14H,7,10-11H2,1H3. The minimum atomic E-state index is 0.00471. The van der Waals surface area contributed by atoms with Crippen LogP contribution in [-0.2, 0) is 0 Å². The predicted molar refractivity (Wildman–Crippen MR) is 78.1 cm³/mol. The lowest BCUT2D eigenvalue weighted by atomic mass is 10.2. The topological polar surface area (TPSA) is 55.3 Å². The van der Waals surface area contributed by atoms with Gasteiger partial charge in [-0.15, -0.1) is 0 Å². The molecule has 0 N–H and O–H groups in total. The zero-order valence-electron chi connectivity index (χ0n) is 11.9. The van der Waals surface area contributed by atoms with E-state index in [2.05, 4.69) is 9.97 Å². The summed E-state index contributed by atoms with van der Waals surface area (Å²) >= 11 is 0. The smallest absolute Gasteiger partial charge is 0.254 e. The molecule has 2 aromatic rings. The van der Waals surface area contributed by atoms with E-state index in [-0.39, 0.29) is 12.0 Å². The van der Waals surface area contributed by atoms with Crippen molar-refractivity contribution in [3.05, 3.63) is 54.0 Å². The molecule has 1 aliphatic heterocycles. The van der Waals surface area contributed by atoms with E-state index >= 15 is 0 Å². The van der Waals surface area contributed by atoms with Crippen molar-refractivity contribution in [2.24, 2.45) is 0 Å². The van der Waals surface area contributed by atoms with Crippen molar-refractivity contribution >= 4 is 5.91 Å². The summed E-state index contributed by atoms with van der Waals surface area (Å²) in [5.74, 6) is 0.652. The summed E-state index contributed by atoms with van der Waals surface area (Å²) in [6, 6.07) is 9.17. The van der Waals surface area contributed by atoms with Crippen LogP contribution in [0.4, 0.5) is 0 Å². The van der Waals surface area contributed by atoms with Crippen molar-refractivity contribution in [3.8, 4) is 5.88 Å². The first-order valence-electron chi connectivity index (χ1n) is 7.02. The highest BCUT2D eigenvalue weighted by Gasteiger charge is 2.28. The van der Waals surface area contributed by atoms with Crippen LogP contribution in [0.2, 0.25) is 0 Å². The molecule has 1 atom stereocenters. The van der Waals surface area contributed by atoms with Gasteiger partial charge in [-0.3, -0.25) is 9.78 Å². The molecule has 2 aromatic heterocycles. The van der Waals surface area contributed by atoms with Gasteiger partial charge < -0.3 is 9.64 Å². The van der Waals surface area contributed by atoms with E-state index < -0.39 is 0 Å². The fraction of sp³-hybridized carbons (Fsp3) is 0.312. The van der Waals surface area contributed by atoms with Gasteiger partial charge in [-0.05, 0) is 25.1 Å². The van der Waals surface area contributed by atoms with Gasteiger partial charge in [0.1, 0.15) is 6.10 Å². The quantitative estimate of drug-likeness (QED) is 0.865. The van der Waals surface area contributed by atoms with Crippen LogP contribution >= 0.6 is 0 Å². The molecule has 1 amide bonds. The molecule has 1 saturated heterocycles. The SMILES string of the molecule is Cc1cccc(OC2CCN(C(=O)c3ccncc3)C2)n1. The third-order valence-electron chi connectivity index (χ3n) is 3.51. The van der Waals surface area contributed by atoms with Crippen LogP contribution in [0.25, 0.3) is 0 Å². The first-order chi connectivity index (χ1) is 10.2. The van der Waals surface area contributed by atoms with Gasteiger partial charge in [-0.2, -0.15) is 0 Å². The molecule has 0 radical (unpaired) electrons. The average Bonchev–Trinajstić information content (AvgIpc) is 2.96. The number of ether oxygens (including phenoxy) is 1. The fourth-order valence-electron chi connectivity index (χ4n) is 2.44. The predicted octanol–water partition coefficient (Wildman–Crippen LogP) is 2.08. The number of amides is 1. The molecule has 108 valence electrons. The Bertz CT molecular complexity index is 630. The van der Waals surface area contributed by atoms with Gasteiger partial charge in [0, 0.05) is 42.7 Å². The summed E-state index contributed by atoms with van der Waals surface area (Å²) < 4.78 is 5.86. The summed E-state index contributed by atoms with van der Waals surface area (Å²) in [5, 5.41) is 0. The van der Waals surface area contributed by atoms with Crippen LogP contribution < -0.4 is 4.74 Å². The molecular weight excluding hydrogens is 266 g/mol. The first kappa shape index (κ1) is 13.5. The van der Waals surface area contributed by atoms with Crippen LogP contribution in [0.5, 0.6) is 5.88 Å². The number of nitrogens with zero attached hydrogens (tertiary/aromatic N) is 3. The van der Waals surface area contributed by atoms with Gasteiger partial charge in [-0.25, -0.2) is 4.98 Å². The Labute approximate surface area is 123 Å². The van der Waals surface area contributed by atoms with Crippen LogP contribution in [0, 0.1) is 6.92 Å². The van der Waals surface area contributed by atoms with Crippen molar-refractivity contribution in [2.45, 2.75) is 19.4 Å². The monoisotopic (exact) mass is 283 g/mol. The molecule has 1 aliphatic rings. The zero-order valence-corrected chi connectivity index (χ0v) is 11.9. The first-order valence-corrected chi connectivity index (χ1v) is 7.02. The Morgan fingerprint density at radius 2 is 2.10 bits per heavy atom. The van der Waals surface area contributed by atoms with Crippen molar-refractivity contribution in [3.63, 3.8) is 0 Å². The van der Waals surface area contributed by atoms with Gasteiger partial charge in [0.05, 0.1) is 6.54 Å². The summed E-state index contributed by atoms with van der Waals surface area (Å²) in [5.41, 5.74) is 1.59. The second-order valence-corrected chi connectivity index (χ2v) is 5.13. The minimum absolute atomic E-state index is 0.00471. The molecular formula is C16H17N3O2. The third kappa shape index (κ3) is 3.18. The minimum Gasteiger partial charge on any atom is -0.472 e. The Kier molecular flexibility index (Phi) is 3.81. The van der Waals surface area contributed by atoms with Crippen molar-refractivity contribution in [1.29, 1.82) is 0 Å². The number of pyridine rings is 2. The number of aryl methyl sites for hydroxylation is 1. The normalized spacial score (nSPS) is 17.8. The molecule has 0 saturated carbocycles. The van der Waals surface area contributed by atoms with Crippen LogP contribution in [0.15, 0.2) is 42.7 Å². The summed E-state index contributed by atoms with van der Waals surface area (Å²) in [6.07, 6.45) is 4.10. The van der Waals surface area contributed by atoms with Crippen LogP contribution in [0.3, 0.4) is 0 Å². The highest BCUT2D eigenvalue weighted by molar-refractivity contribution is 5.94. The van der Waals surface area contributed by atoms with Crippen molar-refractivity contribution in [2.75, 3.05) is 13.1 Å². The lowest BCUT2D eigenvalue weighted by Gasteiger charge is -2.17. The molecule has 3 heterocycles. The maximum absolute atomic E-state index is 12.3. The van der Waals surface area contributed by atoms with Crippen molar-refractivity contribution in [1.82, 2.24) is 14.9 Å². The molecule has 0 spiro atoms. The largest absolute Gasteiger partial charge is 0.472 e. The number of aromatic nitrogens is 2. The number of carbonyl (C=O) groups is 1. The summed E-state index contributed by atoms with van der Waals surface area (Å²) in [7, 11) is 0. The molecule has 0 aliphatic carbocycles. The summed E-state index contributed by atoms with van der Waals surface area (Å²) in [4.78, 5) is 22.4. The van der Waals surface area contributed by atoms with E-state index in [9.17, 15) is 4.79 Å². The molecule has 0 aromatic carbocycles. The molecule has 5 heteroatoms. The number of carbonyl (C=O) groups excluding carboxylic acids is 1. The van der Waals surface area contributed by atoms with E-state index in [4.69, 9.17) is 4.74 Å². The molecule has 3 rings (SSSR count). The number of hydrogen-bond acceptors (Lipinski definition) is 4. The van der Waals surface area contributed by atoms with Gasteiger partial charge >= 0.3 is 0 Å². The Morgan fingerprint density at radius 3 is 2.86 bits per heavy atom. The molecule has 1 fully saturated rings. The highest BCUT2D eigenvalue weighted by atomic mass is 16.5. The van der Waals surface area contributed by atoms with Gasteiger partial charge in [0.15, 0.2) is 0 Å². The lowest BCUT2D eigenvalue weighted by molar-refractivity contribution is 0.0771. The van der Waals surface area contributed by atoms with Crippen LogP contribution in [0.1, 0.15) is 22.5 Å². The Morgan fingerprint density at radius 1 is 1.29 bits per heavy atom. The highest BCUT2D eigenvalue weighted by Crippen LogP contribution is 2.18. The lowest BCUT2D eigenvalue weighted by Crippen LogP contribution is -2.31. The van der Waals surface area contributed by atoms with E-state index in [1.165, 1.54) is 0 Å². The fourth-order valence-corrected chi connectivity index (χ4v) is 2.44. The van der Waals surface area contributed by atoms with E-state index in [1.54, 1.807) is 24.5 Å². The number of rotatable bonds is 3. The Hall–Kier alpha value is -2.43. The molecule has 0 bridgehead atoms. The van der Waals surface area contributed by atoms with E-state index in [1.807, 2.05) is 30.0 Å². The van der Waals surface area contributed by atoms with E-state index in [0.29, 0.717) is 24.5 Å². The average molecular weight is 283 g/mol. The zero-order chi connectivity index (χ0) is 14.7. The molecule has 5 nitrogen and oxygen atoms in total. The van der Waals surface area contributed by atoms with Gasteiger partial charge in [0.2, 0.25) is 5.88 Å². The third-order valence-corrected chi connectivity index (χ3v) is 3.51. The second-order valence-electron chi connectivity index (χ2n) is 5.13. The maximum Gasteiger partial charge on any atom is 0.254 e. The Balaban J connectivity index is 1.62. The maximum atomic E-state index is 12.3. The number of hydrogen-bond donors (Lipinski definition) is 0. The van der Waals surface area contributed by atoms with Crippen molar-refractivity contribution < 1.29 is 9.53 Å². The second kappa shape index (κ2) is 5.91. The van der Waals surface area contributed by atoms with E-state index in [0.717, 1.165) is 12.1 Å². The van der Waals surface area contributed by atoms with Gasteiger partial charge in [0.25, 0.3) is 5.91 Å². The molecule has 1 unspecified atom stereocenters. The van der Waals surface area contributed by atoms with Gasteiger partial charge in [-0.1, -0.05) is 6.07 Å². The number of likely N-dealkylation sites (tertiary alicyclic amines) is 1.